The van der Waals surface area contributed by atoms with Crippen LogP contribution in [0.15, 0.2) is 12.2 Å². The number of hydroxylamine groups is 2. The standard InChI is InChI=1S/C7H8N2O2/c8-4-1-3-7(10)9-5-2-6-11-9/h1,3H,2,5-6H2/b3-1+. The zero-order valence-corrected chi connectivity index (χ0v) is 5.99. The first-order valence-electron chi connectivity index (χ1n) is 3.35. The molecule has 0 saturated carbocycles. The molecule has 0 radical (unpaired) electrons. The van der Waals surface area contributed by atoms with Gasteiger partial charge in [0, 0.05) is 12.2 Å². The predicted octanol–water partition coefficient (Wildman–Crippen LogP) is 0.230. The third-order valence-electron chi connectivity index (χ3n) is 1.30. The molecule has 0 aliphatic carbocycles. The van der Waals surface area contributed by atoms with E-state index in [0.717, 1.165) is 12.5 Å². The smallest absolute Gasteiger partial charge is 0.270 e. The number of allylic oxidation sites excluding steroid dienone is 1. The molecule has 1 aliphatic rings. The van der Waals surface area contributed by atoms with Crippen LogP contribution in [0.1, 0.15) is 6.42 Å². The summed E-state index contributed by atoms with van der Waals surface area (Å²) in [6.45, 7) is 1.21. The van der Waals surface area contributed by atoms with Crippen LogP contribution in [0.4, 0.5) is 0 Å². The maximum atomic E-state index is 11.0. The van der Waals surface area contributed by atoms with E-state index in [4.69, 9.17) is 10.1 Å². The quantitative estimate of drug-likeness (QED) is 0.399. The van der Waals surface area contributed by atoms with Gasteiger partial charge in [-0.2, -0.15) is 5.26 Å². The summed E-state index contributed by atoms with van der Waals surface area (Å²) in [7, 11) is 0. The molecule has 1 rings (SSSR count). The summed E-state index contributed by atoms with van der Waals surface area (Å²) < 4.78 is 0. The van der Waals surface area contributed by atoms with Gasteiger partial charge in [0.15, 0.2) is 0 Å². The molecule has 11 heavy (non-hydrogen) atoms. The van der Waals surface area contributed by atoms with E-state index < -0.39 is 0 Å². The summed E-state index contributed by atoms with van der Waals surface area (Å²) in [4.78, 5) is 15.9. The highest BCUT2D eigenvalue weighted by Gasteiger charge is 2.16. The molecule has 1 aliphatic heterocycles. The van der Waals surface area contributed by atoms with Gasteiger partial charge in [-0.15, -0.1) is 0 Å². The van der Waals surface area contributed by atoms with Crippen LogP contribution < -0.4 is 0 Å². The van der Waals surface area contributed by atoms with Gasteiger partial charge in [-0.1, -0.05) is 0 Å². The van der Waals surface area contributed by atoms with E-state index >= 15 is 0 Å². The van der Waals surface area contributed by atoms with Gasteiger partial charge in [-0.05, 0) is 6.42 Å². The topological polar surface area (TPSA) is 53.3 Å². The second-order valence-electron chi connectivity index (χ2n) is 2.09. The van der Waals surface area contributed by atoms with Crippen LogP contribution in [0.25, 0.3) is 0 Å². The molecular formula is C7H8N2O2. The van der Waals surface area contributed by atoms with E-state index in [1.165, 1.54) is 11.1 Å². The summed E-state index contributed by atoms with van der Waals surface area (Å²) in [6, 6.07) is 1.74. The van der Waals surface area contributed by atoms with Gasteiger partial charge in [0.2, 0.25) is 0 Å². The van der Waals surface area contributed by atoms with Crippen LogP contribution in [0.2, 0.25) is 0 Å². The third kappa shape index (κ3) is 2.06. The largest absolute Gasteiger partial charge is 0.271 e. The fraction of sp³-hybridized carbons (Fsp3) is 0.429. The van der Waals surface area contributed by atoms with Crippen LogP contribution in [0.3, 0.4) is 0 Å². The van der Waals surface area contributed by atoms with Crippen molar-refractivity contribution in [3.8, 4) is 6.07 Å². The first kappa shape index (κ1) is 7.76. The highest BCUT2D eigenvalue weighted by atomic mass is 16.7. The molecule has 4 nitrogen and oxygen atoms in total. The van der Waals surface area contributed by atoms with Crippen molar-refractivity contribution in [2.45, 2.75) is 6.42 Å². The van der Waals surface area contributed by atoms with Gasteiger partial charge >= 0.3 is 0 Å². The van der Waals surface area contributed by atoms with E-state index in [1.54, 1.807) is 6.07 Å². The minimum Gasteiger partial charge on any atom is -0.271 e. The average Bonchev–Trinajstić information content (AvgIpc) is 2.52. The fourth-order valence-electron chi connectivity index (χ4n) is 0.813. The Hall–Kier alpha value is -1.34. The maximum absolute atomic E-state index is 11.0. The molecule has 1 amide bonds. The number of hydrogen-bond acceptors (Lipinski definition) is 3. The monoisotopic (exact) mass is 152 g/mol. The van der Waals surface area contributed by atoms with E-state index in [-0.39, 0.29) is 5.91 Å². The van der Waals surface area contributed by atoms with Crippen molar-refractivity contribution in [1.29, 1.82) is 5.26 Å². The zero-order valence-electron chi connectivity index (χ0n) is 5.99. The second-order valence-corrected chi connectivity index (χ2v) is 2.09. The Morgan fingerprint density at radius 2 is 2.55 bits per heavy atom. The first-order chi connectivity index (χ1) is 5.34. The number of nitrogens with zero attached hydrogens (tertiary/aromatic N) is 2. The Morgan fingerprint density at radius 3 is 3.09 bits per heavy atom. The number of amides is 1. The lowest BCUT2D eigenvalue weighted by Crippen LogP contribution is -2.24. The maximum Gasteiger partial charge on any atom is 0.270 e. The molecule has 1 saturated heterocycles. The van der Waals surface area contributed by atoms with Crippen LogP contribution in [-0.4, -0.2) is 24.1 Å². The third-order valence-corrected chi connectivity index (χ3v) is 1.30. The molecular weight excluding hydrogens is 144 g/mol. The average molecular weight is 152 g/mol. The minimum absolute atomic E-state index is 0.260. The number of rotatable bonds is 1. The molecule has 1 fully saturated rings. The molecule has 0 bridgehead atoms. The van der Waals surface area contributed by atoms with Gasteiger partial charge in [-0.25, -0.2) is 5.06 Å². The van der Waals surface area contributed by atoms with Gasteiger partial charge in [0.05, 0.1) is 19.2 Å². The summed E-state index contributed by atoms with van der Waals surface area (Å²) in [5.41, 5.74) is 0. The Balaban J connectivity index is 2.42. The molecule has 4 heteroatoms. The molecule has 1 heterocycles. The van der Waals surface area contributed by atoms with Crippen molar-refractivity contribution in [1.82, 2.24) is 5.06 Å². The van der Waals surface area contributed by atoms with Crippen molar-refractivity contribution in [3.63, 3.8) is 0 Å². The molecule has 58 valence electrons. The number of carbonyl (C=O) groups excluding carboxylic acids is 1. The molecule has 0 spiro atoms. The highest BCUT2D eigenvalue weighted by molar-refractivity contribution is 5.87. The SMILES string of the molecule is N#C/C=C/C(=O)N1CCCO1. The fourth-order valence-corrected chi connectivity index (χ4v) is 0.813. The zero-order chi connectivity index (χ0) is 8.10. The highest BCUT2D eigenvalue weighted by Crippen LogP contribution is 2.04. The van der Waals surface area contributed by atoms with Crippen molar-refractivity contribution in [2.24, 2.45) is 0 Å². The Morgan fingerprint density at radius 1 is 1.73 bits per heavy atom. The number of carbonyl (C=O) groups is 1. The van der Waals surface area contributed by atoms with Gasteiger partial charge < -0.3 is 0 Å². The van der Waals surface area contributed by atoms with Crippen molar-refractivity contribution < 1.29 is 9.63 Å². The lowest BCUT2D eigenvalue weighted by molar-refractivity contribution is -0.162. The van der Waals surface area contributed by atoms with E-state index in [2.05, 4.69) is 0 Å². The minimum atomic E-state index is -0.260. The summed E-state index contributed by atoms with van der Waals surface area (Å²) >= 11 is 0. The van der Waals surface area contributed by atoms with E-state index in [9.17, 15) is 4.79 Å². The van der Waals surface area contributed by atoms with E-state index in [1.807, 2.05) is 0 Å². The summed E-state index contributed by atoms with van der Waals surface area (Å²) in [5.74, 6) is -0.260. The Labute approximate surface area is 64.6 Å². The summed E-state index contributed by atoms with van der Waals surface area (Å²) in [5, 5.41) is 9.37. The lowest BCUT2D eigenvalue weighted by atomic mass is 10.4. The first-order valence-corrected chi connectivity index (χ1v) is 3.35. The van der Waals surface area contributed by atoms with Gasteiger partial charge in [0.25, 0.3) is 5.91 Å². The van der Waals surface area contributed by atoms with Crippen LogP contribution in [0, 0.1) is 11.3 Å². The van der Waals surface area contributed by atoms with Crippen LogP contribution in [0.5, 0.6) is 0 Å². The van der Waals surface area contributed by atoms with Crippen LogP contribution in [-0.2, 0) is 9.63 Å². The van der Waals surface area contributed by atoms with E-state index in [0.29, 0.717) is 13.2 Å². The van der Waals surface area contributed by atoms with Gasteiger partial charge in [0.1, 0.15) is 0 Å². The molecule has 0 aromatic rings. The molecule has 0 aromatic heterocycles. The lowest BCUT2D eigenvalue weighted by Gasteiger charge is -2.09. The number of hydrogen-bond donors (Lipinski definition) is 0. The summed E-state index contributed by atoms with van der Waals surface area (Å²) in [6.07, 6.45) is 3.21. The van der Waals surface area contributed by atoms with Crippen molar-refractivity contribution in [3.05, 3.63) is 12.2 Å². The van der Waals surface area contributed by atoms with Crippen LogP contribution >= 0.6 is 0 Å². The predicted molar refractivity (Wildman–Crippen MR) is 37.0 cm³/mol. The Kier molecular flexibility index (Phi) is 2.64. The van der Waals surface area contributed by atoms with Gasteiger partial charge in [-0.3, -0.25) is 9.63 Å². The number of nitriles is 1. The Bertz CT molecular complexity index is 211. The van der Waals surface area contributed by atoms with Crippen molar-refractivity contribution in [2.75, 3.05) is 13.2 Å². The molecule has 0 atom stereocenters. The van der Waals surface area contributed by atoms with Crippen molar-refractivity contribution >= 4 is 5.91 Å². The molecule has 0 aromatic carbocycles. The normalized spacial score (nSPS) is 17.2. The molecule has 0 N–H and O–H groups in total. The second kappa shape index (κ2) is 3.74. The molecule has 0 unspecified atom stereocenters.